The summed E-state index contributed by atoms with van der Waals surface area (Å²) in [4.78, 5) is 0. The number of hydrogen-bond donors (Lipinski definition) is 1. The molecule has 0 aliphatic heterocycles. The summed E-state index contributed by atoms with van der Waals surface area (Å²) in [6, 6.07) is 19.0. The summed E-state index contributed by atoms with van der Waals surface area (Å²) < 4.78 is 3.13. The molecule has 1 N–H and O–H groups in total. The molecule has 0 fully saturated rings. The van der Waals surface area contributed by atoms with Crippen molar-refractivity contribution >= 4 is 43.4 Å². The Morgan fingerprint density at radius 1 is 0.750 bits per heavy atom. The third kappa shape index (κ3) is 1.38. The summed E-state index contributed by atoms with van der Waals surface area (Å²) in [7, 11) is 0. The average molecular weight is 272 g/mol. The number of rotatable bonds is 1. The zero-order valence-electron chi connectivity index (χ0n) is 8.57. The van der Waals surface area contributed by atoms with Crippen LogP contribution in [-0.2, 0) is 0 Å². The van der Waals surface area contributed by atoms with Crippen molar-refractivity contribution in [3.8, 4) is 0 Å². The van der Waals surface area contributed by atoms with Gasteiger partial charge < -0.3 is 4.34 Å². The molecule has 2 heteroatoms. The van der Waals surface area contributed by atoms with Crippen molar-refractivity contribution in [1.29, 1.82) is 0 Å². The lowest BCUT2D eigenvalue weighted by Gasteiger charge is -2.09. The number of nitrogens with one attached hydrogen (secondary N) is 1. The minimum atomic E-state index is 1.13. The quantitative estimate of drug-likeness (QED) is 0.499. The summed E-state index contributed by atoms with van der Waals surface area (Å²) in [6.45, 7) is 0. The molecule has 0 spiro atoms. The van der Waals surface area contributed by atoms with E-state index < -0.39 is 0 Å². The van der Waals surface area contributed by atoms with Gasteiger partial charge in [-0.1, -0.05) is 48.5 Å². The van der Waals surface area contributed by atoms with Gasteiger partial charge in [0.15, 0.2) is 0 Å². The average Bonchev–Trinajstić information content (AvgIpc) is 2.36. The second-order valence-electron chi connectivity index (χ2n) is 3.79. The standard InChI is InChI=1S/C14H10BrN/c15-16-14-12-7-3-1-5-10(12)9-11-6-2-4-8-13(11)14/h1-9,16H. The normalized spacial score (nSPS) is 10.8. The van der Waals surface area contributed by atoms with Gasteiger partial charge in [-0.05, 0) is 16.8 Å². The SMILES string of the molecule is BrNc1c2ccccc2cc2ccccc12. The Morgan fingerprint density at radius 3 is 1.75 bits per heavy atom. The maximum absolute atomic E-state index is 3.35. The van der Waals surface area contributed by atoms with Crippen LogP contribution in [0.3, 0.4) is 0 Å². The summed E-state index contributed by atoms with van der Waals surface area (Å²) in [5, 5.41) is 4.97. The van der Waals surface area contributed by atoms with Crippen molar-refractivity contribution in [3.63, 3.8) is 0 Å². The minimum absolute atomic E-state index is 1.13. The maximum Gasteiger partial charge on any atom is 0.0598 e. The molecule has 16 heavy (non-hydrogen) atoms. The molecule has 0 heterocycles. The van der Waals surface area contributed by atoms with Crippen LogP contribution in [0.15, 0.2) is 54.6 Å². The monoisotopic (exact) mass is 271 g/mol. The molecule has 0 bridgehead atoms. The predicted molar refractivity (Wildman–Crippen MR) is 74.0 cm³/mol. The Kier molecular flexibility index (Phi) is 2.29. The maximum atomic E-state index is 3.35. The second kappa shape index (κ2) is 3.80. The van der Waals surface area contributed by atoms with Crippen LogP contribution in [0.2, 0.25) is 0 Å². The Morgan fingerprint density at radius 2 is 1.25 bits per heavy atom. The summed E-state index contributed by atoms with van der Waals surface area (Å²) in [5.74, 6) is 0. The van der Waals surface area contributed by atoms with Gasteiger partial charge in [-0.25, -0.2) is 0 Å². The van der Waals surface area contributed by atoms with Crippen molar-refractivity contribution in [3.05, 3.63) is 54.6 Å². The second-order valence-corrected chi connectivity index (χ2v) is 4.18. The zero-order valence-corrected chi connectivity index (χ0v) is 10.2. The summed E-state index contributed by atoms with van der Waals surface area (Å²) in [6.07, 6.45) is 0. The van der Waals surface area contributed by atoms with Crippen LogP contribution in [0, 0.1) is 0 Å². The lowest BCUT2D eigenvalue weighted by Crippen LogP contribution is -1.85. The third-order valence-corrected chi connectivity index (χ3v) is 3.26. The highest BCUT2D eigenvalue weighted by Gasteiger charge is 2.05. The molecule has 3 aromatic rings. The van der Waals surface area contributed by atoms with Gasteiger partial charge >= 0.3 is 0 Å². The van der Waals surface area contributed by atoms with E-state index in [0.717, 1.165) is 5.69 Å². The van der Waals surface area contributed by atoms with E-state index in [9.17, 15) is 0 Å². The topological polar surface area (TPSA) is 12.0 Å². The lowest BCUT2D eigenvalue weighted by molar-refractivity contribution is 1.75. The Bertz CT molecular complexity index is 607. The van der Waals surface area contributed by atoms with Crippen molar-refractivity contribution in [2.45, 2.75) is 0 Å². The van der Waals surface area contributed by atoms with Crippen LogP contribution >= 0.6 is 16.1 Å². The zero-order chi connectivity index (χ0) is 11.0. The molecular weight excluding hydrogens is 262 g/mol. The van der Waals surface area contributed by atoms with Crippen LogP contribution in [0.25, 0.3) is 21.5 Å². The van der Waals surface area contributed by atoms with E-state index in [1.165, 1.54) is 21.5 Å². The highest BCUT2D eigenvalue weighted by molar-refractivity contribution is 9.10. The van der Waals surface area contributed by atoms with Gasteiger partial charge in [0, 0.05) is 26.9 Å². The molecule has 0 saturated heterocycles. The lowest BCUT2D eigenvalue weighted by atomic mass is 10.0. The highest BCUT2D eigenvalue weighted by atomic mass is 79.9. The van der Waals surface area contributed by atoms with Crippen LogP contribution in [0.1, 0.15) is 0 Å². The van der Waals surface area contributed by atoms with Gasteiger partial charge in [0.05, 0.1) is 5.69 Å². The molecular formula is C14H10BrN. The fourth-order valence-electron chi connectivity index (χ4n) is 2.12. The van der Waals surface area contributed by atoms with E-state index in [1.807, 2.05) is 0 Å². The van der Waals surface area contributed by atoms with Crippen molar-refractivity contribution in [1.82, 2.24) is 0 Å². The fourth-order valence-corrected chi connectivity index (χ4v) is 2.54. The molecule has 3 aromatic carbocycles. The van der Waals surface area contributed by atoms with Crippen molar-refractivity contribution in [2.75, 3.05) is 4.34 Å². The van der Waals surface area contributed by atoms with Crippen LogP contribution in [0.4, 0.5) is 5.69 Å². The van der Waals surface area contributed by atoms with Gasteiger partial charge in [-0.2, -0.15) is 0 Å². The smallest absolute Gasteiger partial charge is 0.0598 e. The summed E-state index contributed by atoms with van der Waals surface area (Å²) in [5.41, 5.74) is 1.13. The number of hydrogen-bond acceptors (Lipinski definition) is 1. The van der Waals surface area contributed by atoms with Gasteiger partial charge in [0.1, 0.15) is 0 Å². The van der Waals surface area contributed by atoms with Crippen LogP contribution < -0.4 is 4.34 Å². The molecule has 0 aromatic heterocycles. The van der Waals surface area contributed by atoms with Gasteiger partial charge in [-0.15, -0.1) is 0 Å². The largest absolute Gasteiger partial charge is 0.321 e. The van der Waals surface area contributed by atoms with E-state index in [4.69, 9.17) is 0 Å². The van der Waals surface area contributed by atoms with Crippen molar-refractivity contribution in [2.24, 2.45) is 0 Å². The molecule has 0 radical (unpaired) electrons. The van der Waals surface area contributed by atoms with Gasteiger partial charge in [-0.3, -0.25) is 0 Å². The van der Waals surface area contributed by atoms with Crippen molar-refractivity contribution < 1.29 is 0 Å². The van der Waals surface area contributed by atoms with E-state index in [2.05, 4.69) is 75.1 Å². The Hall–Kier alpha value is -1.54. The van der Waals surface area contributed by atoms with E-state index in [1.54, 1.807) is 0 Å². The van der Waals surface area contributed by atoms with E-state index in [-0.39, 0.29) is 0 Å². The first-order valence-electron chi connectivity index (χ1n) is 5.17. The molecule has 0 unspecified atom stereocenters. The molecule has 0 saturated carbocycles. The van der Waals surface area contributed by atoms with Crippen LogP contribution in [0.5, 0.6) is 0 Å². The number of benzene rings is 3. The first-order chi connectivity index (χ1) is 7.90. The number of anilines is 1. The van der Waals surface area contributed by atoms with Crippen LogP contribution in [-0.4, -0.2) is 0 Å². The van der Waals surface area contributed by atoms with E-state index >= 15 is 0 Å². The highest BCUT2D eigenvalue weighted by Crippen LogP contribution is 2.33. The molecule has 0 aliphatic carbocycles. The molecule has 1 nitrogen and oxygen atoms in total. The number of halogens is 1. The first kappa shape index (κ1) is 9.67. The summed E-state index contributed by atoms with van der Waals surface area (Å²) >= 11 is 3.35. The van der Waals surface area contributed by atoms with E-state index in [0.29, 0.717) is 0 Å². The minimum Gasteiger partial charge on any atom is -0.321 e. The Balaban J connectivity index is 2.56. The first-order valence-corrected chi connectivity index (χ1v) is 5.96. The fraction of sp³-hybridized carbons (Fsp3) is 0. The Labute approximate surface area is 102 Å². The third-order valence-electron chi connectivity index (χ3n) is 2.87. The van der Waals surface area contributed by atoms with Gasteiger partial charge in [0.25, 0.3) is 0 Å². The molecule has 3 rings (SSSR count). The van der Waals surface area contributed by atoms with Gasteiger partial charge in [0.2, 0.25) is 0 Å². The number of fused-ring (bicyclic) bond motifs is 2. The molecule has 0 atom stereocenters. The molecule has 0 aliphatic rings. The molecule has 0 amide bonds. The predicted octanol–water partition coefficient (Wildman–Crippen LogP) is 4.71. The molecule has 78 valence electrons.